The number of anilines is 2. The number of nitrogens with one attached hydrogen (secondary N) is 1. The van der Waals surface area contributed by atoms with Gasteiger partial charge in [0.25, 0.3) is 0 Å². The Morgan fingerprint density at radius 1 is 1.33 bits per heavy atom. The molecule has 2 bridgehead atoms. The van der Waals surface area contributed by atoms with E-state index in [2.05, 4.69) is 28.3 Å². The number of carbonyl (C=O) groups excluding carboxylic acids is 1. The summed E-state index contributed by atoms with van der Waals surface area (Å²) in [4.78, 5) is 18.3. The maximum atomic E-state index is 11.3. The van der Waals surface area contributed by atoms with Gasteiger partial charge in [-0.2, -0.15) is 5.26 Å². The summed E-state index contributed by atoms with van der Waals surface area (Å²) < 4.78 is 0. The second kappa shape index (κ2) is 6.67. The normalized spacial score (nSPS) is 21.2. The molecule has 1 aromatic heterocycles. The maximum absolute atomic E-state index is 11.3. The van der Waals surface area contributed by atoms with E-state index in [1.54, 1.807) is 0 Å². The smallest absolute Gasteiger partial charge is 0.221 e. The highest BCUT2D eigenvalue weighted by atomic mass is 16.1. The molecule has 1 aromatic carbocycles. The molecule has 3 N–H and O–H groups in total. The Balaban J connectivity index is 1.89. The minimum Gasteiger partial charge on any atom is -0.383 e. The number of aromatic nitrogens is 1. The summed E-state index contributed by atoms with van der Waals surface area (Å²) in [5.41, 5.74) is 11.3. The average molecular weight is 361 g/mol. The molecule has 0 unspecified atom stereocenters. The van der Waals surface area contributed by atoms with E-state index in [9.17, 15) is 10.1 Å². The molecule has 6 heteroatoms. The molecule has 1 saturated heterocycles. The van der Waals surface area contributed by atoms with Crippen molar-refractivity contribution in [2.75, 3.05) is 18.1 Å². The van der Waals surface area contributed by atoms with Gasteiger partial charge < -0.3 is 11.1 Å². The van der Waals surface area contributed by atoms with Crippen molar-refractivity contribution in [2.24, 2.45) is 0 Å². The van der Waals surface area contributed by atoms with Crippen LogP contribution in [0.25, 0.3) is 11.1 Å². The van der Waals surface area contributed by atoms with E-state index in [-0.39, 0.29) is 11.9 Å². The van der Waals surface area contributed by atoms with E-state index in [0.717, 1.165) is 40.9 Å². The molecule has 138 valence electrons. The quantitative estimate of drug-likeness (QED) is 0.856. The molecule has 2 aliphatic heterocycles. The maximum Gasteiger partial charge on any atom is 0.221 e. The Morgan fingerprint density at radius 2 is 2.07 bits per heavy atom. The third-order valence-electron chi connectivity index (χ3n) is 5.79. The highest BCUT2D eigenvalue weighted by Crippen LogP contribution is 2.46. The van der Waals surface area contributed by atoms with Gasteiger partial charge in [-0.1, -0.05) is 12.1 Å². The van der Waals surface area contributed by atoms with Crippen LogP contribution in [-0.2, 0) is 11.2 Å². The SMILES string of the molecule is CC(=O)Nc1ccc(-c2c(C#N)c(N)nc3c2[C@H]2CCC[C@@H](C3)N2C)cc1. The number of hydrogen-bond donors (Lipinski definition) is 2. The van der Waals surface area contributed by atoms with E-state index in [0.29, 0.717) is 17.4 Å². The van der Waals surface area contributed by atoms with Gasteiger partial charge >= 0.3 is 0 Å². The van der Waals surface area contributed by atoms with Gasteiger partial charge in [0, 0.05) is 47.9 Å². The molecule has 0 radical (unpaired) electrons. The molecule has 2 aromatic rings. The van der Waals surface area contributed by atoms with Crippen molar-refractivity contribution in [3.63, 3.8) is 0 Å². The summed E-state index contributed by atoms with van der Waals surface area (Å²) in [6, 6.07) is 10.6. The number of carbonyl (C=O) groups is 1. The minimum absolute atomic E-state index is 0.110. The number of nitrogens with two attached hydrogens (primary N) is 1. The Hall–Kier alpha value is -2.91. The fraction of sp³-hybridized carbons (Fsp3) is 0.381. The predicted molar refractivity (Wildman–Crippen MR) is 105 cm³/mol. The van der Waals surface area contributed by atoms with E-state index >= 15 is 0 Å². The number of nitrogen functional groups attached to an aromatic ring is 1. The number of fused-ring (bicyclic) bond motifs is 4. The van der Waals surface area contributed by atoms with E-state index in [1.807, 2.05) is 24.3 Å². The van der Waals surface area contributed by atoms with Gasteiger partial charge in [0.2, 0.25) is 5.91 Å². The molecule has 2 atom stereocenters. The molecular weight excluding hydrogens is 338 g/mol. The predicted octanol–water partition coefficient (Wildman–Crippen LogP) is 3.24. The van der Waals surface area contributed by atoms with Gasteiger partial charge in [-0.05, 0) is 44.0 Å². The van der Waals surface area contributed by atoms with Crippen molar-refractivity contribution in [3.05, 3.63) is 41.1 Å². The first kappa shape index (κ1) is 17.5. The van der Waals surface area contributed by atoms with Crippen molar-refractivity contribution in [2.45, 2.75) is 44.7 Å². The average Bonchev–Trinajstić information content (AvgIpc) is 2.62. The molecule has 27 heavy (non-hydrogen) atoms. The third-order valence-corrected chi connectivity index (χ3v) is 5.79. The summed E-state index contributed by atoms with van der Waals surface area (Å²) in [7, 11) is 2.17. The van der Waals surface area contributed by atoms with E-state index in [4.69, 9.17) is 5.73 Å². The monoisotopic (exact) mass is 361 g/mol. The van der Waals surface area contributed by atoms with Crippen LogP contribution in [0.2, 0.25) is 0 Å². The number of amides is 1. The van der Waals surface area contributed by atoms with Crippen molar-refractivity contribution in [3.8, 4) is 17.2 Å². The molecule has 1 fully saturated rings. The highest BCUT2D eigenvalue weighted by molar-refractivity contribution is 5.89. The molecule has 4 rings (SSSR count). The third kappa shape index (κ3) is 2.94. The lowest BCUT2D eigenvalue weighted by Crippen LogP contribution is -2.45. The second-order valence-corrected chi connectivity index (χ2v) is 7.45. The fourth-order valence-electron chi connectivity index (χ4n) is 4.55. The molecule has 1 amide bonds. The van der Waals surface area contributed by atoms with Crippen LogP contribution in [0.3, 0.4) is 0 Å². The van der Waals surface area contributed by atoms with Crippen LogP contribution in [0.5, 0.6) is 0 Å². The van der Waals surface area contributed by atoms with E-state index in [1.165, 1.54) is 19.8 Å². The first-order valence-electron chi connectivity index (χ1n) is 9.32. The van der Waals surface area contributed by atoms with Crippen LogP contribution in [0.15, 0.2) is 24.3 Å². The molecule has 0 saturated carbocycles. The molecular formula is C21H23N5O. The van der Waals surface area contributed by atoms with E-state index < -0.39 is 0 Å². The van der Waals surface area contributed by atoms with Gasteiger partial charge in [0.05, 0.1) is 0 Å². The summed E-state index contributed by atoms with van der Waals surface area (Å²) in [5, 5.41) is 12.6. The number of rotatable bonds is 2. The molecule has 6 nitrogen and oxygen atoms in total. The lowest BCUT2D eigenvalue weighted by Gasteiger charge is -2.45. The van der Waals surface area contributed by atoms with Gasteiger partial charge in [0.15, 0.2) is 0 Å². The van der Waals surface area contributed by atoms with Crippen LogP contribution in [0.4, 0.5) is 11.5 Å². The summed E-state index contributed by atoms with van der Waals surface area (Å²) in [6.07, 6.45) is 4.30. The zero-order valence-corrected chi connectivity index (χ0v) is 15.6. The topological polar surface area (TPSA) is 95.0 Å². The van der Waals surface area contributed by atoms with Crippen molar-refractivity contribution < 1.29 is 4.79 Å². The summed E-state index contributed by atoms with van der Waals surface area (Å²) in [6.45, 7) is 1.48. The Labute approximate surface area is 159 Å². The highest BCUT2D eigenvalue weighted by Gasteiger charge is 2.38. The first-order chi connectivity index (χ1) is 13.0. The molecule has 2 aliphatic rings. The first-order valence-corrected chi connectivity index (χ1v) is 9.32. The molecule has 0 spiro atoms. The lowest BCUT2D eigenvalue weighted by atomic mass is 9.78. The van der Waals surface area contributed by atoms with Gasteiger partial charge in [0.1, 0.15) is 17.5 Å². The number of likely N-dealkylation sites (N-methyl/N-ethyl adjacent to an activating group) is 1. The van der Waals surface area contributed by atoms with Crippen LogP contribution < -0.4 is 11.1 Å². The Morgan fingerprint density at radius 3 is 2.74 bits per heavy atom. The van der Waals surface area contributed by atoms with Gasteiger partial charge in [-0.25, -0.2) is 4.98 Å². The molecule has 3 heterocycles. The van der Waals surface area contributed by atoms with Crippen LogP contribution >= 0.6 is 0 Å². The molecule has 0 aliphatic carbocycles. The zero-order valence-electron chi connectivity index (χ0n) is 15.6. The standard InChI is InChI=1S/C21H23N5O/c1-12(27)24-14-8-6-13(7-9-14)19-16(11-22)21(23)25-17-10-15-4-3-5-18(20(17)19)26(15)2/h6-9,15,18H,3-5,10H2,1-2H3,(H2,23,25)(H,24,27)/t15-,18+/m0/s1. The lowest BCUT2D eigenvalue weighted by molar-refractivity contribution is -0.114. The van der Waals surface area contributed by atoms with Crippen LogP contribution in [0.1, 0.15) is 49.0 Å². The van der Waals surface area contributed by atoms with Crippen molar-refractivity contribution in [1.29, 1.82) is 5.26 Å². The van der Waals surface area contributed by atoms with Crippen molar-refractivity contribution >= 4 is 17.4 Å². The largest absolute Gasteiger partial charge is 0.383 e. The fourth-order valence-corrected chi connectivity index (χ4v) is 4.55. The second-order valence-electron chi connectivity index (χ2n) is 7.45. The van der Waals surface area contributed by atoms with Gasteiger partial charge in [-0.3, -0.25) is 9.69 Å². The minimum atomic E-state index is -0.110. The number of nitrogens with zero attached hydrogens (tertiary/aromatic N) is 3. The number of benzene rings is 1. The summed E-state index contributed by atoms with van der Waals surface area (Å²) in [5.74, 6) is 0.195. The van der Waals surface area contributed by atoms with Gasteiger partial charge in [-0.15, -0.1) is 0 Å². The number of hydrogen-bond acceptors (Lipinski definition) is 5. The van der Waals surface area contributed by atoms with Crippen LogP contribution in [0, 0.1) is 11.3 Å². The van der Waals surface area contributed by atoms with Crippen LogP contribution in [-0.4, -0.2) is 28.9 Å². The zero-order chi connectivity index (χ0) is 19.1. The Kier molecular flexibility index (Phi) is 4.33. The number of piperidine rings is 1. The Bertz CT molecular complexity index is 945. The van der Waals surface area contributed by atoms with Crippen molar-refractivity contribution in [1.82, 2.24) is 9.88 Å². The number of pyridine rings is 1. The number of nitriles is 1. The summed E-state index contributed by atoms with van der Waals surface area (Å²) >= 11 is 0.